The Bertz CT molecular complexity index is 1370. The Morgan fingerprint density at radius 1 is 1.00 bits per heavy atom. The SMILES string of the molecule is COc1ccc(/C=C2\Oc3c(cc4c(c3C)OCN(Cc3ccc(Cl)cc3)C4)C2=O)c(OC)c1OC. The van der Waals surface area contributed by atoms with Crippen LogP contribution in [-0.4, -0.2) is 38.7 Å². The number of hydrogen-bond donors (Lipinski definition) is 0. The van der Waals surface area contributed by atoms with Gasteiger partial charge in [0.25, 0.3) is 0 Å². The highest BCUT2D eigenvalue weighted by Crippen LogP contribution is 2.45. The van der Waals surface area contributed by atoms with Gasteiger partial charge in [0.1, 0.15) is 18.2 Å². The molecule has 0 N–H and O–H groups in total. The number of ketones is 1. The van der Waals surface area contributed by atoms with Gasteiger partial charge in [-0.15, -0.1) is 0 Å². The molecule has 0 atom stereocenters. The first kappa shape index (κ1) is 24.0. The van der Waals surface area contributed by atoms with Gasteiger partial charge < -0.3 is 23.7 Å². The zero-order chi connectivity index (χ0) is 25.4. The molecule has 2 aliphatic heterocycles. The van der Waals surface area contributed by atoms with E-state index in [1.807, 2.05) is 37.3 Å². The molecule has 36 heavy (non-hydrogen) atoms. The fourth-order valence-corrected chi connectivity index (χ4v) is 4.75. The van der Waals surface area contributed by atoms with Crippen LogP contribution in [0, 0.1) is 6.92 Å². The number of methoxy groups -OCH3 is 3. The van der Waals surface area contributed by atoms with Crippen molar-refractivity contribution in [1.82, 2.24) is 4.90 Å². The number of fused-ring (bicyclic) bond motifs is 2. The van der Waals surface area contributed by atoms with E-state index >= 15 is 0 Å². The zero-order valence-electron chi connectivity index (χ0n) is 20.5. The molecule has 0 aliphatic carbocycles. The third-order valence-corrected chi connectivity index (χ3v) is 6.59. The molecule has 0 aromatic heterocycles. The van der Waals surface area contributed by atoms with Crippen LogP contribution in [-0.2, 0) is 13.1 Å². The van der Waals surface area contributed by atoms with Crippen molar-refractivity contribution in [2.75, 3.05) is 28.1 Å². The molecular weight excluding hydrogens is 482 g/mol. The molecule has 0 saturated carbocycles. The maximum absolute atomic E-state index is 13.4. The van der Waals surface area contributed by atoms with Gasteiger partial charge in [-0.3, -0.25) is 9.69 Å². The number of nitrogens with zero attached hydrogens (tertiary/aromatic N) is 1. The molecule has 5 rings (SSSR count). The molecule has 0 bridgehead atoms. The van der Waals surface area contributed by atoms with Crippen molar-refractivity contribution in [1.29, 1.82) is 0 Å². The molecule has 2 heterocycles. The zero-order valence-corrected chi connectivity index (χ0v) is 21.3. The summed E-state index contributed by atoms with van der Waals surface area (Å²) < 4.78 is 28.5. The molecule has 3 aromatic rings. The minimum Gasteiger partial charge on any atom is -0.493 e. The molecule has 0 spiro atoms. The molecule has 7 nitrogen and oxygen atoms in total. The van der Waals surface area contributed by atoms with Crippen molar-refractivity contribution >= 4 is 23.5 Å². The van der Waals surface area contributed by atoms with Gasteiger partial charge in [-0.25, -0.2) is 0 Å². The normalized spacial score (nSPS) is 15.7. The molecule has 8 heteroatoms. The van der Waals surface area contributed by atoms with Crippen LogP contribution in [0.4, 0.5) is 0 Å². The summed E-state index contributed by atoms with van der Waals surface area (Å²) in [7, 11) is 4.63. The molecule has 0 amide bonds. The van der Waals surface area contributed by atoms with Crippen molar-refractivity contribution in [3.63, 3.8) is 0 Å². The van der Waals surface area contributed by atoms with Crippen molar-refractivity contribution in [3.05, 3.63) is 81.1 Å². The van der Waals surface area contributed by atoms with E-state index in [1.165, 1.54) is 14.2 Å². The van der Waals surface area contributed by atoms with E-state index in [4.69, 9.17) is 35.3 Å². The summed E-state index contributed by atoms with van der Waals surface area (Å²) in [6.07, 6.45) is 1.66. The molecule has 0 fully saturated rings. The summed E-state index contributed by atoms with van der Waals surface area (Å²) in [5.41, 5.74) is 4.06. The summed E-state index contributed by atoms with van der Waals surface area (Å²) in [6.45, 7) is 3.72. The minimum absolute atomic E-state index is 0.192. The van der Waals surface area contributed by atoms with Crippen LogP contribution in [0.15, 0.2) is 48.2 Å². The third-order valence-electron chi connectivity index (χ3n) is 6.34. The second-order valence-corrected chi connectivity index (χ2v) is 9.05. The van der Waals surface area contributed by atoms with Crippen LogP contribution in [0.2, 0.25) is 5.02 Å². The fraction of sp³-hybridized carbons (Fsp3) is 0.250. The van der Waals surface area contributed by atoms with E-state index in [0.717, 1.165) is 22.4 Å². The molecule has 186 valence electrons. The number of allylic oxidation sites excluding steroid dienone is 1. The maximum Gasteiger partial charge on any atom is 0.231 e. The number of halogens is 1. The standard InChI is InChI=1S/C28H26ClNO6/c1-16-25-19(14-30(15-35-25)13-17-5-8-20(29)9-6-17)11-21-24(31)23(36-26(16)21)12-18-7-10-22(32-2)28(34-4)27(18)33-3/h5-12H,13-15H2,1-4H3/b23-12-. The number of Topliss-reactive ketones (excluding diaryl/α,β-unsaturated/α-hetero) is 1. The van der Waals surface area contributed by atoms with Crippen LogP contribution in [0.25, 0.3) is 6.08 Å². The van der Waals surface area contributed by atoms with Gasteiger partial charge in [0.05, 0.1) is 26.9 Å². The molecular formula is C28H26ClNO6. The van der Waals surface area contributed by atoms with Gasteiger partial charge in [-0.1, -0.05) is 23.7 Å². The first-order valence-electron chi connectivity index (χ1n) is 11.4. The van der Waals surface area contributed by atoms with Crippen molar-refractivity contribution in [3.8, 4) is 28.7 Å². The Kier molecular flexibility index (Phi) is 6.51. The van der Waals surface area contributed by atoms with E-state index < -0.39 is 0 Å². The molecule has 0 saturated heterocycles. The number of hydrogen-bond acceptors (Lipinski definition) is 7. The summed E-state index contributed by atoms with van der Waals surface area (Å²) in [4.78, 5) is 15.5. The lowest BCUT2D eigenvalue weighted by Crippen LogP contribution is -2.32. The highest BCUT2D eigenvalue weighted by Gasteiger charge is 2.34. The van der Waals surface area contributed by atoms with E-state index in [2.05, 4.69) is 4.90 Å². The average molecular weight is 508 g/mol. The Labute approximate surface area is 214 Å². The quantitative estimate of drug-likeness (QED) is 0.400. The van der Waals surface area contributed by atoms with Gasteiger partial charge in [-0.2, -0.15) is 0 Å². The average Bonchev–Trinajstić information content (AvgIpc) is 3.20. The minimum atomic E-state index is -0.192. The third kappa shape index (κ3) is 4.25. The van der Waals surface area contributed by atoms with Crippen molar-refractivity contribution < 1.29 is 28.5 Å². The largest absolute Gasteiger partial charge is 0.493 e. The van der Waals surface area contributed by atoms with Crippen molar-refractivity contribution in [2.45, 2.75) is 20.0 Å². The van der Waals surface area contributed by atoms with Crippen LogP contribution >= 0.6 is 11.6 Å². The van der Waals surface area contributed by atoms with Gasteiger partial charge in [0.2, 0.25) is 11.5 Å². The Morgan fingerprint density at radius 2 is 1.75 bits per heavy atom. The van der Waals surface area contributed by atoms with E-state index in [0.29, 0.717) is 59.0 Å². The lowest BCUT2D eigenvalue weighted by atomic mass is 9.99. The molecule has 0 unspecified atom stereocenters. The number of ether oxygens (including phenoxy) is 5. The van der Waals surface area contributed by atoms with Crippen molar-refractivity contribution in [2.24, 2.45) is 0 Å². The first-order valence-corrected chi connectivity index (χ1v) is 11.8. The predicted octanol–water partition coefficient (Wildman–Crippen LogP) is 5.64. The van der Waals surface area contributed by atoms with Crippen LogP contribution in [0.1, 0.15) is 32.6 Å². The second kappa shape index (κ2) is 9.76. The summed E-state index contributed by atoms with van der Waals surface area (Å²) in [6, 6.07) is 13.2. The van der Waals surface area contributed by atoms with Gasteiger partial charge in [0.15, 0.2) is 17.3 Å². The fourth-order valence-electron chi connectivity index (χ4n) is 4.63. The van der Waals surface area contributed by atoms with Crippen LogP contribution in [0.5, 0.6) is 28.7 Å². The second-order valence-electron chi connectivity index (χ2n) is 8.62. The van der Waals surface area contributed by atoms with Gasteiger partial charge in [-0.05, 0) is 48.9 Å². The highest BCUT2D eigenvalue weighted by molar-refractivity contribution is 6.30. The summed E-state index contributed by atoms with van der Waals surface area (Å²) >= 11 is 6.01. The smallest absolute Gasteiger partial charge is 0.231 e. The first-order chi connectivity index (χ1) is 17.4. The van der Waals surface area contributed by atoms with E-state index in [-0.39, 0.29) is 11.5 Å². The number of rotatable bonds is 6. The maximum atomic E-state index is 13.4. The van der Waals surface area contributed by atoms with E-state index in [1.54, 1.807) is 25.3 Å². The van der Waals surface area contributed by atoms with Crippen LogP contribution < -0.4 is 23.7 Å². The number of carbonyl (C=O) groups is 1. The Balaban J connectivity index is 1.44. The van der Waals surface area contributed by atoms with Crippen LogP contribution in [0.3, 0.4) is 0 Å². The van der Waals surface area contributed by atoms with Gasteiger partial charge in [0, 0.05) is 34.8 Å². The number of benzene rings is 3. The van der Waals surface area contributed by atoms with Gasteiger partial charge >= 0.3 is 0 Å². The summed E-state index contributed by atoms with van der Waals surface area (Å²) in [5.74, 6) is 2.73. The Hall–Kier alpha value is -3.68. The highest BCUT2D eigenvalue weighted by atomic mass is 35.5. The topological polar surface area (TPSA) is 66.5 Å². The molecule has 3 aromatic carbocycles. The lowest BCUT2D eigenvalue weighted by Gasteiger charge is -2.30. The predicted molar refractivity (Wildman–Crippen MR) is 136 cm³/mol. The Morgan fingerprint density at radius 3 is 2.44 bits per heavy atom. The molecule has 2 aliphatic rings. The number of carbonyl (C=O) groups excluding carboxylic acids is 1. The molecule has 0 radical (unpaired) electrons. The lowest BCUT2D eigenvalue weighted by molar-refractivity contribution is 0.0876. The monoisotopic (exact) mass is 507 g/mol. The summed E-state index contributed by atoms with van der Waals surface area (Å²) in [5, 5.41) is 0.707. The van der Waals surface area contributed by atoms with E-state index in [9.17, 15) is 4.79 Å².